The molecule has 5 heteroatoms. The van der Waals surface area contributed by atoms with Gasteiger partial charge in [0.1, 0.15) is 5.82 Å². The second kappa shape index (κ2) is 7.32. The molecule has 0 atom stereocenters. The molecule has 3 rings (SSSR count). The Morgan fingerprint density at radius 1 is 1.00 bits per heavy atom. The van der Waals surface area contributed by atoms with Gasteiger partial charge in [-0.15, -0.1) is 0 Å². The Morgan fingerprint density at radius 2 is 1.58 bits per heavy atom. The van der Waals surface area contributed by atoms with Crippen LogP contribution < -0.4 is 0 Å². The quantitative estimate of drug-likeness (QED) is 0.742. The first-order valence-electron chi connectivity index (χ1n) is 7.67. The number of imidazole rings is 1. The molecule has 0 aliphatic carbocycles. The molecule has 3 aromatic rings. The van der Waals surface area contributed by atoms with Crippen LogP contribution in [0.1, 0.15) is 22.6 Å². The number of carboxylic acids is 1. The lowest BCUT2D eigenvalue weighted by atomic mass is 10.1. The number of hydrogen-bond acceptors (Lipinski definition) is 2. The highest BCUT2D eigenvalue weighted by atomic mass is 35.5. The number of nitrogens with zero attached hydrogens (tertiary/aromatic N) is 2. The summed E-state index contributed by atoms with van der Waals surface area (Å²) in [7, 11) is 0. The van der Waals surface area contributed by atoms with E-state index in [4.69, 9.17) is 11.6 Å². The molecule has 1 N–H and O–H groups in total. The third-order valence-electron chi connectivity index (χ3n) is 3.81. The summed E-state index contributed by atoms with van der Waals surface area (Å²) in [6.45, 7) is 0.547. The van der Waals surface area contributed by atoms with Crippen molar-refractivity contribution in [1.82, 2.24) is 9.55 Å². The molecule has 0 saturated carbocycles. The number of benzene rings is 2. The molecule has 0 amide bonds. The van der Waals surface area contributed by atoms with Gasteiger partial charge in [-0.1, -0.05) is 72.3 Å². The monoisotopic (exact) mass is 340 g/mol. The Kier molecular flexibility index (Phi) is 4.96. The minimum absolute atomic E-state index is 0.145. The molecular weight excluding hydrogens is 324 g/mol. The highest BCUT2D eigenvalue weighted by molar-refractivity contribution is 6.30. The maximum Gasteiger partial charge on any atom is 0.309 e. The first-order chi connectivity index (χ1) is 11.6. The summed E-state index contributed by atoms with van der Waals surface area (Å²) in [5.74, 6) is -0.149. The molecule has 0 aliphatic heterocycles. The van der Waals surface area contributed by atoms with Gasteiger partial charge in [-0.25, -0.2) is 4.98 Å². The lowest BCUT2D eigenvalue weighted by Gasteiger charge is -2.11. The van der Waals surface area contributed by atoms with Crippen LogP contribution in [0.25, 0.3) is 0 Å². The Hall–Kier alpha value is -2.59. The minimum atomic E-state index is -0.919. The van der Waals surface area contributed by atoms with Crippen molar-refractivity contribution >= 4 is 17.6 Å². The van der Waals surface area contributed by atoms with E-state index in [2.05, 4.69) is 4.98 Å². The first-order valence-corrected chi connectivity index (χ1v) is 8.04. The molecule has 1 heterocycles. The minimum Gasteiger partial charge on any atom is -0.481 e. The fraction of sp³-hybridized carbons (Fsp3) is 0.158. The molecule has 0 saturated heterocycles. The molecule has 122 valence electrons. The molecule has 0 fully saturated rings. The van der Waals surface area contributed by atoms with Crippen LogP contribution in [-0.4, -0.2) is 20.6 Å². The van der Waals surface area contributed by atoms with Gasteiger partial charge in [-0.3, -0.25) is 4.79 Å². The van der Waals surface area contributed by atoms with Crippen molar-refractivity contribution in [2.45, 2.75) is 19.4 Å². The zero-order chi connectivity index (χ0) is 16.9. The second-order valence-corrected chi connectivity index (χ2v) is 5.93. The van der Waals surface area contributed by atoms with E-state index in [1.807, 2.05) is 65.2 Å². The fourth-order valence-corrected chi connectivity index (χ4v) is 2.95. The van der Waals surface area contributed by atoms with E-state index in [1.54, 1.807) is 0 Å². The summed E-state index contributed by atoms with van der Waals surface area (Å²) in [6.07, 6.45) is 0.459. The molecule has 24 heavy (non-hydrogen) atoms. The van der Waals surface area contributed by atoms with E-state index in [1.165, 1.54) is 0 Å². The number of rotatable bonds is 6. The zero-order valence-corrected chi connectivity index (χ0v) is 13.8. The SMILES string of the molecule is O=C(O)Cc1c(Cl)nc(Cc2ccccc2)n1Cc1ccccc1. The normalized spacial score (nSPS) is 10.7. The van der Waals surface area contributed by atoms with Crippen molar-refractivity contribution in [2.24, 2.45) is 0 Å². The van der Waals surface area contributed by atoms with Gasteiger partial charge in [-0.2, -0.15) is 0 Å². The van der Waals surface area contributed by atoms with E-state index in [9.17, 15) is 9.90 Å². The third-order valence-corrected chi connectivity index (χ3v) is 4.11. The van der Waals surface area contributed by atoms with Gasteiger partial charge in [0.25, 0.3) is 0 Å². The molecule has 0 radical (unpaired) electrons. The van der Waals surface area contributed by atoms with E-state index in [-0.39, 0.29) is 11.6 Å². The molecule has 0 unspecified atom stereocenters. The van der Waals surface area contributed by atoms with Gasteiger partial charge in [0.05, 0.1) is 12.1 Å². The summed E-state index contributed by atoms with van der Waals surface area (Å²) in [4.78, 5) is 15.6. The summed E-state index contributed by atoms with van der Waals surface area (Å²) in [6, 6.07) is 19.8. The predicted molar refractivity (Wildman–Crippen MR) is 93.4 cm³/mol. The van der Waals surface area contributed by atoms with Crippen molar-refractivity contribution in [3.63, 3.8) is 0 Å². The van der Waals surface area contributed by atoms with E-state index in [0.717, 1.165) is 17.0 Å². The lowest BCUT2D eigenvalue weighted by Crippen LogP contribution is -2.12. The van der Waals surface area contributed by atoms with Crippen LogP contribution in [0.5, 0.6) is 0 Å². The Bertz CT molecular complexity index is 829. The average molecular weight is 341 g/mol. The molecule has 4 nitrogen and oxygen atoms in total. The largest absolute Gasteiger partial charge is 0.481 e. The van der Waals surface area contributed by atoms with Gasteiger partial charge < -0.3 is 9.67 Å². The highest BCUT2D eigenvalue weighted by Crippen LogP contribution is 2.22. The van der Waals surface area contributed by atoms with Gasteiger partial charge >= 0.3 is 5.97 Å². The zero-order valence-electron chi connectivity index (χ0n) is 13.0. The third kappa shape index (κ3) is 3.84. The number of aromatic nitrogens is 2. The number of carboxylic acid groups (broad SMARTS) is 1. The van der Waals surface area contributed by atoms with Crippen LogP contribution >= 0.6 is 11.6 Å². The maximum absolute atomic E-state index is 11.2. The summed E-state index contributed by atoms with van der Waals surface area (Å²) >= 11 is 6.23. The summed E-state index contributed by atoms with van der Waals surface area (Å²) in [5.41, 5.74) is 2.72. The number of aliphatic carboxylic acids is 1. The van der Waals surface area contributed by atoms with Crippen molar-refractivity contribution in [1.29, 1.82) is 0 Å². The second-order valence-electron chi connectivity index (χ2n) is 5.57. The molecule has 1 aromatic heterocycles. The van der Waals surface area contributed by atoms with Crippen LogP contribution in [-0.2, 0) is 24.2 Å². The van der Waals surface area contributed by atoms with Gasteiger partial charge in [-0.05, 0) is 11.1 Å². The summed E-state index contributed by atoms with van der Waals surface area (Å²) in [5, 5.41) is 9.44. The van der Waals surface area contributed by atoms with E-state index >= 15 is 0 Å². The molecule has 0 spiro atoms. The van der Waals surface area contributed by atoms with Crippen molar-refractivity contribution in [3.05, 3.63) is 88.5 Å². The Labute approximate surface area is 145 Å². The van der Waals surface area contributed by atoms with Crippen LogP contribution in [0.3, 0.4) is 0 Å². The van der Waals surface area contributed by atoms with Crippen LogP contribution in [0.15, 0.2) is 60.7 Å². The Balaban J connectivity index is 1.99. The van der Waals surface area contributed by atoms with Gasteiger partial charge in [0, 0.05) is 13.0 Å². The number of hydrogen-bond donors (Lipinski definition) is 1. The highest BCUT2D eigenvalue weighted by Gasteiger charge is 2.18. The maximum atomic E-state index is 11.2. The summed E-state index contributed by atoms with van der Waals surface area (Å²) < 4.78 is 1.92. The molecular formula is C19H17ClN2O2. The Morgan fingerprint density at radius 3 is 2.17 bits per heavy atom. The predicted octanol–water partition coefficient (Wildman–Crippen LogP) is 3.80. The number of carbonyl (C=O) groups is 1. The van der Waals surface area contributed by atoms with Crippen molar-refractivity contribution in [3.8, 4) is 0 Å². The van der Waals surface area contributed by atoms with Crippen LogP contribution in [0, 0.1) is 0 Å². The fourth-order valence-electron chi connectivity index (χ4n) is 2.68. The average Bonchev–Trinajstić information content (AvgIpc) is 2.85. The van der Waals surface area contributed by atoms with Gasteiger partial charge in [0.15, 0.2) is 5.15 Å². The van der Waals surface area contributed by atoms with Crippen LogP contribution in [0.2, 0.25) is 5.15 Å². The van der Waals surface area contributed by atoms with Crippen molar-refractivity contribution in [2.75, 3.05) is 0 Å². The van der Waals surface area contributed by atoms with Crippen LogP contribution in [0.4, 0.5) is 0 Å². The smallest absolute Gasteiger partial charge is 0.309 e. The molecule has 0 aliphatic rings. The standard InChI is InChI=1S/C19H17ClN2O2/c20-19-16(12-18(23)24)22(13-15-9-5-2-6-10-15)17(21-19)11-14-7-3-1-4-8-14/h1-10H,11-13H2,(H,23,24). The lowest BCUT2D eigenvalue weighted by molar-refractivity contribution is -0.136. The van der Waals surface area contributed by atoms with Crippen molar-refractivity contribution < 1.29 is 9.90 Å². The first kappa shape index (κ1) is 16.3. The van der Waals surface area contributed by atoms with E-state index < -0.39 is 5.97 Å². The molecule has 2 aromatic carbocycles. The van der Waals surface area contributed by atoms with E-state index in [0.29, 0.717) is 18.7 Å². The van der Waals surface area contributed by atoms with Gasteiger partial charge in [0.2, 0.25) is 0 Å². The number of halogens is 1. The molecule has 0 bridgehead atoms. The topological polar surface area (TPSA) is 55.1 Å².